The Balaban J connectivity index is 0.00000320. The van der Waals surface area contributed by atoms with E-state index in [0.717, 1.165) is 31.0 Å². The summed E-state index contributed by atoms with van der Waals surface area (Å²) in [6.07, 6.45) is 0.917. The van der Waals surface area contributed by atoms with Crippen LogP contribution in [0.4, 0.5) is 0 Å². The van der Waals surface area contributed by atoms with Crippen LogP contribution in [0.15, 0.2) is 59.6 Å². The number of fused-ring (bicyclic) bond motifs is 1. The Morgan fingerprint density at radius 3 is 2.57 bits per heavy atom. The lowest BCUT2D eigenvalue weighted by Gasteiger charge is -2.11. The van der Waals surface area contributed by atoms with Crippen LogP contribution >= 0.6 is 24.0 Å². The first-order chi connectivity index (χ1) is 14.2. The van der Waals surface area contributed by atoms with Gasteiger partial charge in [-0.15, -0.1) is 24.0 Å². The molecule has 2 aromatic carbocycles. The smallest absolute Gasteiger partial charge is 0.191 e. The van der Waals surface area contributed by atoms with E-state index in [-0.39, 0.29) is 24.0 Å². The second-order valence-electron chi connectivity index (χ2n) is 6.99. The molecule has 30 heavy (non-hydrogen) atoms. The van der Waals surface area contributed by atoms with Gasteiger partial charge in [0.05, 0.1) is 6.54 Å². The van der Waals surface area contributed by atoms with Gasteiger partial charge in [0.1, 0.15) is 0 Å². The molecule has 0 aliphatic rings. The quantitative estimate of drug-likeness (QED) is 0.218. The third-order valence-electron chi connectivity index (χ3n) is 4.80. The van der Waals surface area contributed by atoms with Crippen LogP contribution in [-0.2, 0) is 23.0 Å². The zero-order valence-electron chi connectivity index (χ0n) is 17.6. The Labute approximate surface area is 198 Å². The number of hydrogen-bond acceptors (Lipinski definition) is 2. The van der Waals surface area contributed by atoms with Crippen LogP contribution in [0.1, 0.15) is 23.7 Å². The fourth-order valence-electron chi connectivity index (χ4n) is 3.40. The van der Waals surface area contributed by atoms with E-state index in [4.69, 9.17) is 0 Å². The molecule has 0 saturated heterocycles. The summed E-state index contributed by atoms with van der Waals surface area (Å²) < 4.78 is 12.3. The van der Waals surface area contributed by atoms with Crippen LogP contribution in [0.5, 0.6) is 0 Å². The summed E-state index contributed by atoms with van der Waals surface area (Å²) in [5.74, 6) is 1.93. The maximum atomic E-state index is 12.3. The van der Waals surface area contributed by atoms with Gasteiger partial charge in [-0.3, -0.25) is 9.20 Å². The molecule has 3 rings (SSSR count). The number of benzene rings is 2. The summed E-state index contributed by atoms with van der Waals surface area (Å²) in [5.41, 5.74) is 4.84. The summed E-state index contributed by atoms with van der Waals surface area (Å²) >= 11 is 0. The third kappa shape index (κ3) is 7.12. The Hall–Kier alpha value is -1.87. The summed E-state index contributed by atoms with van der Waals surface area (Å²) in [7, 11) is -0.907. The molecular formula is C23H31IN4OS. The number of aromatic amines is 1. The Bertz CT molecular complexity index is 972. The van der Waals surface area contributed by atoms with Crippen LogP contribution in [0.3, 0.4) is 0 Å². The minimum Gasteiger partial charge on any atom is -0.358 e. The molecule has 1 unspecified atom stereocenters. The van der Waals surface area contributed by atoms with Gasteiger partial charge in [0.15, 0.2) is 5.96 Å². The van der Waals surface area contributed by atoms with Crippen molar-refractivity contribution in [3.63, 3.8) is 0 Å². The lowest BCUT2D eigenvalue weighted by atomic mass is 10.1. The average Bonchev–Trinajstić information content (AvgIpc) is 3.04. The minimum absolute atomic E-state index is 0. The van der Waals surface area contributed by atoms with Crippen molar-refractivity contribution in [3.8, 4) is 0 Å². The molecule has 0 aliphatic carbocycles. The molecule has 162 valence electrons. The molecule has 0 bridgehead atoms. The monoisotopic (exact) mass is 538 g/mol. The zero-order chi connectivity index (χ0) is 20.5. The Kier molecular flexibility index (Phi) is 10.4. The van der Waals surface area contributed by atoms with Gasteiger partial charge in [0, 0.05) is 52.0 Å². The lowest BCUT2D eigenvalue weighted by Crippen LogP contribution is -2.38. The molecular weight excluding hydrogens is 507 g/mol. The second-order valence-corrected chi connectivity index (χ2v) is 8.56. The third-order valence-corrected chi connectivity index (χ3v) is 6.09. The minimum atomic E-state index is -0.907. The number of aliphatic imine (C=N–C) groups is 1. The van der Waals surface area contributed by atoms with Gasteiger partial charge >= 0.3 is 0 Å². The van der Waals surface area contributed by atoms with Crippen molar-refractivity contribution in [3.05, 3.63) is 71.4 Å². The van der Waals surface area contributed by atoms with Crippen molar-refractivity contribution < 1.29 is 4.21 Å². The molecule has 1 heterocycles. The summed E-state index contributed by atoms with van der Waals surface area (Å²) in [6, 6.07) is 18.4. The predicted octanol–water partition coefficient (Wildman–Crippen LogP) is 4.14. The van der Waals surface area contributed by atoms with E-state index in [1.165, 1.54) is 22.2 Å². The van der Waals surface area contributed by atoms with E-state index >= 15 is 0 Å². The summed E-state index contributed by atoms with van der Waals surface area (Å²) in [4.78, 5) is 8.04. The van der Waals surface area contributed by atoms with E-state index in [1.807, 2.05) is 30.3 Å². The van der Waals surface area contributed by atoms with E-state index < -0.39 is 10.8 Å². The van der Waals surface area contributed by atoms with Gasteiger partial charge in [0.25, 0.3) is 0 Å². The maximum absolute atomic E-state index is 12.3. The van der Waals surface area contributed by atoms with Gasteiger partial charge in [-0.2, -0.15) is 0 Å². The average molecular weight is 538 g/mol. The van der Waals surface area contributed by atoms with Crippen molar-refractivity contribution >= 4 is 51.6 Å². The first kappa shape index (κ1) is 24.4. The molecule has 1 atom stereocenters. The molecule has 7 heteroatoms. The Morgan fingerprint density at radius 2 is 1.80 bits per heavy atom. The van der Waals surface area contributed by atoms with Crippen LogP contribution in [0.25, 0.3) is 10.9 Å². The second kappa shape index (κ2) is 12.7. The summed E-state index contributed by atoms with van der Waals surface area (Å²) in [6.45, 7) is 6.30. The van der Waals surface area contributed by atoms with E-state index in [2.05, 4.69) is 58.7 Å². The number of nitrogens with one attached hydrogen (secondary N) is 3. The molecule has 0 fully saturated rings. The van der Waals surface area contributed by atoms with Gasteiger partial charge in [-0.25, -0.2) is 0 Å². The van der Waals surface area contributed by atoms with E-state index in [1.54, 1.807) is 0 Å². The number of aromatic nitrogens is 1. The first-order valence-electron chi connectivity index (χ1n) is 10.1. The normalized spacial score (nSPS) is 12.4. The number of halogens is 1. The predicted molar refractivity (Wildman–Crippen MR) is 139 cm³/mol. The van der Waals surface area contributed by atoms with Gasteiger partial charge in [-0.05, 0) is 37.5 Å². The number of hydrogen-bond donors (Lipinski definition) is 3. The summed E-state index contributed by atoms with van der Waals surface area (Å²) in [5, 5.41) is 7.95. The maximum Gasteiger partial charge on any atom is 0.191 e. The molecule has 1 aromatic heterocycles. The van der Waals surface area contributed by atoms with Crippen molar-refractivity contribution in [1.82, 2.24) is 15.6 Å². The highest BCUT2D eigenvalue weighted by Gasteiger charge is 2.08. The standard InChI is InChI=1S/C23H30N4OS.HI/c1-3-24-23(26-15-16-29(28)17-19-9-5-4-6-10-19)25-14-13-20-18(2)27-22-12-8-7-11-21(20)22;/h4-12,27H,3,13-17H2,1-2H3,(H2,24,25,26);1H. The molecule has 0 spiro atoms. The lowest BCUT2D eigenvalue weighted by molar-refractivity contribution is 0.682. The number of para-hydroxylation sites is 1. The largest absolute Gasteiger partial charge is 0.358 e. The van der Waals surface area contributed by atoms with Crippen molar-refractivity contribution in [2.75, 3.05) is 25.4 Å². The Morgan fingerprint density at radius 1 is 1.07 bits per heavy atom. The van der Waals surface area contributed by atoms with Crippen LogP contribution in [0.2, 0.25) is 0 Å². The van der Waals surface area contributed by atoms with E-state index in [9.17, 15) is 4.21 Å². The van der Waals surface area contributed by atoms with Crippen molar-refractivity contribution in [2.24, 2.45) is 4.99 Å². The van der Waals surface area contributed by atoms with Crippen LogP contribution < -0.4 is 10.6 Å². The highest BCUT2D eigenvalue weighted by Crippen LogP contribution is 2.21. The van der Waals surface area contributed by atoms with Gasteiger partial charge in [0.2, 0.25) is 0 Å². The molecule has 0 radical (unpaired) electrons. The molecule has 0 aliphatic heterocycles. The fourth-order valence-corrected chi connectivity index (χ4v) is 4.40. The molecule has 0 amide bonds. The highest BCUT2D eigenvalue weighted by molar-refractivity contribution is 14.0. The molecule has 3 N–H and O–H groups in total. The van der Waals surface area contributed by atoms with Crippen molar-refractivity contribution in [1.29, 1.82) is 0 Å². The number of guanidine groups is 1. The number of aryl methyl sites for hydroxylation is 1. The topological polar surface area (TPSA) is 69.3 Å². The molecule has 0 saturated carbocycles. The number of nitrogens with zero attached hydrogens (tertiary/aromatic N) is 1. The fraction of sp³-hybridized carbons (Fsp3) is 0.348. The first-order valence-corrected chi connectivity index (χ1v) is 11.6. The highest BCUT2D eigenvalue weighted by atomic mass is 127. The zero-order valence-corrected chi connectivity index (χ0v) is 20.8. The van der Waals surface area contributed by atoms with Crippen LogP contribution in [-0.4, -0.2) is 40.5 Å². The molecule has 5 nitrogen and oxygen atoms in total. The van der Waals surface area contributed by atoms with E-state index in [0.29, 0.717) is 18.1 Å². The number of rotatable bonds is 9. The van der Waals surface area contributed by atoms with Crippen LogP contribution in [0, 0.1) is 6.92 Å². The van der Waals surface area contributed by atoms with Gasteiger partial charge in [-0.1, -0.05) is 48.5 Å². The van der Waals surface area contributed by atoms with Crippen molar-refractivity contribution in [2.45, 2.75) is 26.0 Å². The van der Waals surface area contributed by atoms with Gasteiger partial charge < -0.3 is 15.6 Å². The number of H-pyrrole nitrogens is 1. The SMILES string of the molecule is CCNC(=NCCS(=O)Cc1ccccc1)NCCc1c(C)[nH]c2ccccc12.I. The molecule has 3 aromatic rings.